The Kier molecular flexibility index (Phi) is 6.61. The number of guanidine groups is 1. The Balaban J connectivity index is 1.84. The molecule has 0 amide bonds. The largest absolute Gasteiger partial charge is 0.357 e. The van der Waals surface area contributed by atoms with Crippen LogP contribution in [-0.4, -0.2) is 46.4 Å². The van der Waals surface area contributed by atoms with Crippen LogP contribution in [-0.2, 0) is 13.5 Å². The summed E-state index contributed by atoms with van der Waals surface area (Å²) in [6.45, 7) is 9.03. The maximum absolute atomic E-state index is 4.73. The molecule has 0 aliphatic carbocycles. The molecule has 2 rings (SSSR count). The van der Waals surface area contributed by atoms with Gasteiger partial charge in [0.15, 0.2) is 5.96 Å². The second-order valence-electron chi connectivity index (χ2n) is 5.80. The highest BCUT2D eigenvalue weighted by Crippen LogP contribution is 2.25. The minimum Gasteiger partial charge on any atom is -0.357 e. The predicted octanol–water partition coefficient (Wildman–Crippen LogP) is 2.03. The van der Waals surface area contributed by atoms with E-state index < -0.39 is 0 Å². The SMILES string of the molecule is CCNC(=NCC1CCCS1)NCCc1c(C)nn(C)c1C. The van der Waals surface area contributed by atoms with E-state index in [9.17, 15) is 0 Å². The van der Waals surface area contributed by atoms with E-state index in [1.54, 1.807) is 0 Å². The lowest BCUT2D eigenvalue weighted by atomic mass is 10.1. The first-order chi connectivity index (χ1) is 10.6. The molecule has 1 aromatic rings. The van der Waals surface area contributed by atoms with Gasteiger partial charge in [0.05, 0.1) is 12.2 Å². The Bertz CT molecular complexity index is 503. The number of nitrogens with one attached hydrogen (secondary N) is 2. The summed E-state index contributed by atoms with van der Waals surface area (Å²) in [7, 11) is 2.00. The molecule has 0 spiro atoms. The summed E-state index contributed by atoms with van der Waals surface area (Å²) in [4.78, 5) is 4.73. The van der Waals surface area contributed by atoms with E-state index in [0.29, 0.717) is 5.25 Å². The van der Waals surface area contributed by atoms with Crippen molar-refractivity contribution in [2.45, 2.75) is 45.3 Å². The molecule has 1 aliphatic heterocycles. The molecule has 0 bridgehead atoms. The third-order valence-corrected chi connectivity index (χ3v) is 5.53. The van der Waals surface area contributed by atoms with Crippen molar-refractivity contribution < 1.29 is 0 Å². The Hall–Kier alpha value is -1.17. The van der Waals surface area contributed by atoms with E-state index >= 15 is 0 Å². The highest BCUT2D eigenvalue weighted by atomic mass is 32.2. The van der Waals surface area contributed by atoms with Gasteiger partial charge < -0.3 is 10.6 Å². The molecule has 5 nitrogen and oxygen atoms in total. The molecule has 1 unspecified atom stereocenters. The van der Waals surface area contributed by atoms with Crippen LogP contribution in [0.15, 0.2) is 4.99 Å². The van der Waals surface area contributed by atoms with E-state index in [0.717, 1.165) is 37.7 Å². The summed E-state index contributed by atoms with van der Waals surface area (Å²) in [5.41, 5.74) is 3.73. The van der Waals surface area contributed by atoms with Crippen LogP contribution in [0.1, 0.15) is 36.7 Å². The molecule has 1 saturated heterocycles. The second kappa shape index (κ2) is 8.46. The molecule has 1 atom stereocenters. The molecule has 2 N–H and O–H groups in total. The number of hydrogen-bond acceptors (Lipinski definition) is 3. The van der Waals surface area contributed by atoms with Gasteiger partial charge in [-0.3, -0.25) is 9.67 Å². The van der Waals surface area contributed by atoms with Crippen molar-refractivity contribution in [2.24, 2.45) is 12.0 Å². The second-order valence-corrected chi connectivity index (χ2v) is 7.21. The standard InChI is InChI=1S/C16H29N5S/c1-5-17-16(19-11-14-7-6-10-22-14)18-9-8-15-12(2)20-21(4)13(15)3/h14H,5-11H2,1-4H3,(H2,17,18,19). The molecule has 2 heterocycles. The summed E-state index contributed by atoms with van der Waals surface area (Å²) < 4.78 is 1.96. The first-order valence-corrected chi connectivity index (χ1v) is 9.29. The van der Waals surface area contributed by atoms with Crippen molar-refractivity contribution in [1.82, 2.24) is 20.4 Å². The molecule has 1 aromatic heterocycles. The molecule has 1 aliphatic rings. The van der Waals surface area contributed by atoms with Gasteiger partial charge in [-0.25, -0.2) is 0 Å². The Labute approximate surface area is 138 Å². The number of rotatable bonds is 6. The minimum atomic E-state index is 0.707. The van der Waals surface area contributed by atoms with Gasteiger partial charge in [-0.1, -0.05) is 0 Å². The maximum atomic E-state index is 4.73. The molecule has 0 saturated carbocycles. The summed E-state index contributed by atoms with van der Waals surface area (Å²) in [5, 5.41) is 12.0. The third-order valence-electron chi connectivity index (χ3n) is 4.15. The molecule has 124 valence electrons. The summed E-state index contributed by atoms with van der Waals surface area (Å²) in [6.07, 6.45) is 3.63. The fourth-order valence-electron chi connectivity index (χ4n) is 2.81. The lowest BCUT2D eigenvalue weighted by Crippen LogP contribution is -2.38. The van der Waals surface area contributed by atoms with Gasteiger partial charge in [0.25, 0.3) is 0 Å². The average molecular weight is 324 g/mol. The molecule has 6 heteroatoms. The van der Waals surface area contributed by atoms with Crippen molar-refractivity contribution in [1.29, 1.82) is 0 Å². The Morgan fingerprint density at radius 1 is 1.41 bits per heavy atom. The van der Waals surface area contributed by atoms with Crippen molar-refractivity contribution in [3.63, 3.8) is 0 Å². The van der Waals surface area contributed by atoms with Crippen molar-refractivity contribution >= 4 is 17.7 Å². The normalized spacial score (nSPS) is 18.7. The lowest BCUT2D eigenvalue weighted by molar-refractivity contribution is 0.728. The number of nitrogens with zero attached hydrogens (tertiary/aromatic N) is 3. The first-order valence-electron chi connectivity index (χ1n) is 8.24. The van der Waals surface area contributed by atoms with Crippen LogP contribution < -0.4 is 10.6 Å². The summed E-state index contributed by atoms with van der Waals surface area (Å²) >= 11 is 2.06. The molecule has 0 radical (unpaired) electrons. The lowest BCUT2D eigenvalue weighted by Gasteiger charge is -2.13. The van der Waals surface area contributed by atoms with Gasteiger partial charge in [-0.15, -0.1) is 0 Å². The first kappa shape index (κ1) is 17.2. The van der Waals surface area contributed by atoms with Crippen molar-refractivity contribution in [3.8, 4) is 0 Å². The van der Waals surface area contributed by atoms with E-state index in [1.807, 2.05) is 11.7 Å². The number of aromatic nitrogens is 2. The zero-order valence-corrected chi connectivity index (χ0v) is 15.1. The fraction of sp³-hybridized carbons (Fsp3) is 0.750. The quantitative estimate of drug-likeness (QED) is 0.621. The van der Waals surface area contributed by atoms with E-state index in [-0.39, 0.29) is 0 Å². The number of aliphatic imine (C=N–C) groups is 1. The minimum absolute atomic E-state index is 0.707. The van der Waals surface area contributed by atoms with Gasteiger partial charge in [0.2, 0.25) is 0 Å². The molecule has 0 aromatic carbocycles. The topological polar surface area (TPSA) is 54.2 Å². The van der Waals surface area contributed by atoms with Crippen LogP contribution in [0, 0.1) is 13.8 Å². The molecule has 22 heavy (non-hydrogen) atoms. The van der Waals surface area contributed by atoms with Crippen LogP contribution >= 0.6 is 11.8 Å². The monoisotopic (exact) mass is 323 g/mol. The molecular weight excluding hydrogens is 294 g/mol. The Morgan fingerprint density at radius 3 is 2.82 bits per heavy atom. The Morgan fingerprint density at radius 2 is 2.23 bits per heavy atom. The van der Waals surface area contributed by atoms with Crippen molar-refractivity contribution in [2.75, 3.05) is 25.4 Å². The molecule has 1 fully saturated rings. The van der Waals surface area contributed by atoms with Crippen LogP contribution in [0.2, 0.25) is 0 Å². The zero-order valence-electron chi connectivity index (χ0n) is 14.3. The fourth-order valence-corrected chi connectivity index (χ4v) is 3.99. The summed E-state index contributed by atoms with van der Waals surface area (Å²) in [5.74, 6) is 2.23. The van der Waals surface area contributed by atoms with Crippen LogP contribution in [0.5, 0.6) is 0 Å². The smallest absolute Gasteiger partial charge is 0.191 e. The van der Waals surface area contributed by atoms with E-state index in [2.05, 4.69) is 48.3 Å². The van der Waals surface area contributed by atoms with Crippen LogP contribution in [0.4, 0.5) is 0 Å². The highest BCUT2D eigenvalue weighted by molar-refractivity contribution is 8.00. The average Bonchev–Trinajstić information content (AvgIpc) is 3.08. The van der Waals surface area contributed by atoms with Crippen LogP contribution in [0.3, 0.4) is 0 Å². The number of aryl methyl sites for hydroxylation is 2. The number of thioether (sulfide) groups is 1. The summed E-state index contributed by atoms with van der Waals surface area (Å²) in [6, 6.07) is 0. The van der Waals surface area contributed by atoms with Gasteiger partial charge in [0.1, 0.15) is 0 Å². The number of hydrogen-bond donors (Lipinski definition) is 2. The third kappa shape index (κ3) is 4.66. The van der Waals surface area contributed by atoms with Crippen molar-refractivity contribution in [3.05, 3.63) is 17.0 Å². The van der Waals surface area contributed by atoms with Gasteiger partial charge in [-0.2, -0.15) is 16.9 Å². The highest BCUT2D eigenvalue weighted by Gasteiger charge is 2.15. The predicted molar refractivity (Wildman–Crippen MR) is 95.8 cm³/mol. The van der Waals surface area contributed by atoms with Gasteiger partial charge in [-0.05, 0) is 51.3 Å². The van der Waals surface area contributed by atoms with E-state index in [1.165, 1.54) is 29.9 Å². The van der Waals surface area contributed by atoms with Gasteiger partial charge >= 0.3 is 0 Å². The van der Waals surface area contributed by atoms with Crippen LogP contribution in [0.25, 0.3) is 0 Å². The van der Waals surface area contributed by atoms with Gasteiger partial charge in [0, 0.05) is 31.1 Å². The van der Waals surface area contributed by atoms with E-state index in [4.69, 9.17) is 4.99 Å². The maximum Gasteiger partial charge on any atom is 0.191 e. The zero-order chi connectivity index (χ0) is 15.9. The molecular formula is C16H29N5S.